The number of hydrogen-bond acceptors (Lipinski definition) is 2. The minimum Gasteiger partial charge on any atom is -0.501 e. The second kappa shape index (κ2) is 3.58. The molecule has 0 atom stereocenters. The molecular formula is C12H20O2. The number of ether oxygens (including phenoxy) is 1. The molecule has 1 heterocycles. The van der Waals surface area contributed by atoms with E-state index < -0.39 is 5.60 Å². The van der Waals surface area contributed by atoms with Crippen molar-refractivity contribution < 1.29 is 9.84 Å². The van der Waals surface area contributed by atoms with Gasteiger partial charge in [0.25, 0.3) is 0 Å². The van der Waals surface area contributed by atoms with E-state index in [0.29, 0.717) is 11.8 Å². The van der Waals surface area contributed by atoms with Crippen molar-refractivity contribution in [3.05, 3.63) is 11.8 Å². The third-order valence-electron chi connectivity index (χ3n) is 3.67. The van der Waals surface area contributed by atoms with E-state index in [1.165, 1.54) is 0 Å². The first kappa shape index (κ1) is 10.0. The molecule has 14 heavy (non-hydrogen) atoms. The van der Waals surface area contributed by atoms with Crippen molar-refractivity contribution in [2.75, 3.05) is 6.61 Å². The lowest BCUT2D eigenvalue weighted by molar-refractivity contribution is -0.0632. The summed E-state index contributed by atoms with van der Waals surface area (Å²) in [7, 11) is 0. The lowest BCUT2D eigenvalue weighted by atomic mass is 9.62. The standard InChI is InChI=1S/C12H20O2/c1-9(2)10-6-12(13,7-10)11-4-3-5-14-8-11/h8-10,13H,3-7H2,1-2H3. The van der Waals surface area contributed by atoms with Gasteiger partial charge in [-0.3, -0.25) is 0 Å². The second-order valence-electron chi connectivity index (χ2n) is 5.06. The number of rotatable bonds is 2. The number of aliphatic hydroxyl groups is 1. The van der Waals surface area contributed by atoms with Gasteiger partial charge in [0.15, 0.2) is 0 Å². The van der Waals surface area contributed by atoms with Crippen LogP contribution in [0.1, 0.15) is 39.5 Å². The SMILES string of the molecule is CC(C)C1CC(O)(C2=COCCC2)C1. The molecule has 2 aliphatic rings. The normalized spacial score (nSPS) is 37.4. The molecule has 0 aromatic heterocycles. The highest BCUT2D eigenvalue weighted by Crippen LogP contribution is 2.47. The Labute approximate surface area is 86.0 Å². The Bertz CT molecular complexity index is 237. The van der Waals surface area contributed by atoms with Crippen LogP contribution in [0.15, 0.2) is 11.8 Å². The van der Waals surface area contributed by atoms with Gasteiger partial charge in [-0.05, 0) is 43.1 Å². The Balaban J connectivity index is 1.96. The predicted octanol–water partition coefficient (Wildman–Crippen LogP) is 2.48. The lowest BCUT2D eigenvalue weighted by Crippen LogP contribution is -2.47. The smallest absolute Gasteiger partial charge is 0.0894 e. The molecule has 0 spiro atoms. The highest BCUT2D eigenvalue weighted by Gasteiger charge is 2.46. The molecular weight excluding hydrogens is 176 g/mol. The van der Waals surface area contributed by atoms with Crippen LogP contribution < -0.4 is 0 Å². The molecule has 0 aromatic rings. The molecule has 0 amide bonds. The maximum atomic E-state index is 10.3. The van der Waals surface area contributed by atoms with Crippen molar-refractivity contribution in [2.24, 2.45) is 11.8 Å². The minimum atomic E-state index is -0.518. The average Bonchev–Trinajstić information content (AvgIpc) is 2.14. The van der Waals surface area contributed by atoms with Gasteiger partial charge < -0.3 is 9.84 Å². The van der Waals surface area contributed by atoms with Crippen LogP contribution in [-0.2, 0) is 4.74 Å². The predicted molar refractivity (Wildman–Crippen MR) is 55.8 cm³/mol. The summed E-state index contributed by atoms with van der Waals surface area (Å²) in [6.07, 6.45) is 5.72. The molecule has 0 unspecified atom stereocenters. The van der Waals surface area contributed by atoms with E-state index >= 15 is 0 Å². The fourth-order valence-electron chi connectivity index (χ4n) is 2.45. The molecule has 1 fully saturated rings. The van der Waals surface area contributed by atoms with Crippen LogP contribution in [0.4, 0.5) is 0 Å². The Morgan fingerprint density at radius 2 is 2.21 bits per heavy atom. The summed E-state index contributed by atoms with van der Waals surface area (Å²) in [6, 6.07) is 0. The van der Waals surface area contributed by atoms with Crippen molar-refractivity contribution in [1.82, 2.24) is 0 Å². The van der Waals surface area contributed by atoms with Crippen molar-refractivity contribution in [3.63, 3.8) is 0 Å². The van der Waals surface area contributed by atoms with Crippen LogP contribution in [0.5, 0.6) is 0 Å². The van der Waals surface area contributed by atoms with Gasteiger partial charge in [-0.2, -0.15) is 0 Å². The highest BCUT2D eigenvalue weighted by molar-refractivity contribution is 5.21. The summed E-state index contributed by atoms with van der Waals surface area (Å²) >= 11 is 0. The average molecular weight is 196 g/mol. The zero-order chi connectivity index (χ0) is 10.2. The van der Waals surface area contributed by atoms with E-state index in [2.05, 4.69) is 13.8 Å². The minimum absolute atomic E-state index is 0.518. The van der Waals surface area contributed by atoms with Crippen molar-refractivity contribution in [2.45, 2.75) is 45.1 Å². The van der Waals surface area contributed by atoms with Gasteiger partial charge in [0.1, 0.15) is 0 Å². The van der Waals surface area contributed by atoms with Crippen molar-refractivity contribution >= 4 is 0 Å². The van der Waals surface area contributed by atoms with E-state index in [9.17, 15) is 5.11 Å². The molecule has 1 aliphatic heterocycles. The molecule has 1 saturated carbocycles. The molecule has 1 N–H and O–H groups in total. The van der Waals surface area contributed by atoms with Crippen molar-refractivity contribution in [3.8, 4) is 0 Å². The summed E-state index contributed by atoms with van der Waals surface area (Å²) in [5.74, 6) is 1.39. The third kappa shape index (κ3) is 1.68. The molecule has 80 valence electrons. The zero-order valence-electron chi connectivity index (χ0n) is 9.12. The van der Waals surface area contributed by atoms with Gasteiger partial charge >= 0.3 is 0 Å². The van der Waals surface area contributed by atoms with E-state index in [4.69, 9.17) is 4.74 Å². The Hall–Kier alpha value is -0.500. The summed E-state index contributed by atoms with van der Waals surface area (Å²) < 4.78 is 5.28. The topological polar surface area (TPSA) is 29.5 Å². The maximum Gasteiger partial charge on any atom is 0.0894 e. The van der Waals surface area contributed by atoms with Gasteiger partial charge in [0, 0.05) is 0 Å². The summed E-state index contributed by atoms with van der Waals surface area (Å²) in [6.45, 7) is 5.28. The lowest BCUT2D eigenvalue weighted by Gasteiger charge is -2.47. The quantitative estimate of drug-likeness (QED) is 0.735. The van der Waals surface area contributed by atoms with Crippen LogP contribution in [-0.4, -0.2) is 17.3 Å². The molecule has 2 nitrogen and oxygen atoms in total. The van der Waals surface area contributed by atoms with Gasteiger partial charge in [-0.1, -0.05) is 13.8 Å². The number of hydrogen-bond donors (Lipinski definition) is 1. The van der Waals surface area contributed by atoms with Crippen LogP contribution in [0.3, 0.4) is 0 Å². The Morgan fingerprint density at radius 1 is 1.50 bits per heavy atom. The first-order valence-corrected chi connectivity index (χ1v) is 5.65. The molecule has 0 saturated heterocycles. The summed E-state index contributed by atoms with van der Waals surface area (Å²) in [4.78, 5) is 0. The Kier molecular flexibility index (Phi) is 2.56. The Morgan fingerprint density at radius 3 is 2.71 bits per heavy atom. The molecule has 0 bridgehead atoms. The van der Waals surface area contributed by atoms with Gasteiger partial charge in [-0.15, -0.1) is 0 Å². The fourth-order valence-corrected chi connectivity index (χ4v) is 2.45. The first-order valence-electron chi connectivity index (χ1n) is 5.65. The maximum absolute atomic E-state index is 10.3. The summed E-state index contributed by atoms with van der Waals surface area (Å²) in [5, 5.41) is 10.3. The van der Waals surface area contributed by atoms with Gasteiger partial charge in [0.2, 0.25) is 0 Å². The monoisotopic (exact) mass is 196 g/mol. The van der Waals surface area contributed by atoms with E-state index in [-0.39, 0.29) is 0 Å². The third-order valence-corrected chi connectivity index (χ3v) is 3.67. The molecule has 2 rings (SSSR count). The van der Waals surface area contributed by atoms with Crippen LogP contribution in [0.25, 0.3) is 0 Å². The largest absolute Gasteiger partial charge is 0.501 e. The summed E-state index contributed by atoms with van der Waals surface area (Å²) in [5.41, 5.74) is 0.607. The zero-order valence-corrected chi connectivity index (χ0v) is 9.12. The molecule has 1 aliphatic carbocycles. The van der Waals surface area contributed by atoms with Crippen LogP contribution >= 0.6 is 0 Å². The van der Waals surface area contributed by atoms with Gasteiger partial charge in [-0.25, -0.2) is 0 Å². The van der Waals surface area contributed by atoms with E-state index in [1.807, 2.05) is 0 Å². The van der Waals surface area contributed by atoms with Gasteiger partial charge in [0.05, 0.1) is 18.5 Å². The first-order chi connectivity index (χ1) is 6.62. The van der Waals surface area contributed by atoms with E-state index in [1.54, 1.807) is 6.26 Å². The van der Waals surface area contributed by atoms with E-state index in [0.717, 1.165) is 37.9 Å². The van der Waals surface area contributed by atoms with Crippen molar-refractivity contribution in [1.29, 1.82) is 0 Å². The highest BCUT2D eigenvalue weighted by atomic mass is 16.5. The second-order valence-corrected chi connectivity index (χ2v) is 5.06. The fraction of sp³-hybridized carbons (Fsp3) is 0.833. The van der Waals surface area contributed by atoms with Crippen LogP contribution in [0.2, 0.25) is 0 Å². The van der Waals surface area contributed by atoms with Crippen LogP contribution in [0, 0.1) is 11.8 Å². The molecule has 2 heteroatoms. The molecule has 0 radical (unpaired) electrons. The molecule has 0 aromatic carbocycles.